The molecule has 1 nitrogen and oxygen atoms in total. The van der Waals surface area contributed by atoms with Gasteiger partial charge < -0.3 is 0 Å². The molecule has 2 unspecified atom stereocenters. The largest absolute Gasteiger partial charge is 0.287 e. The SMILES string of the molecule is CCC(C)C(C)C(=O)I. The molecule has 0 aliphatic heterocycles. The van der Waals surface area contributed by atoms with Gasteiger partial charge in [-0.05, 0) is 28.5 Å². The Kier molecular flexibility index (Phi) is 4.44. The van der Waals surface area contributed by atoms with Crippen LogP contribution in [0, 0.1) is 11.8 Å². The van der Waals surface area contributed by atoms with Crippen LogP contribution in [-0.2, 0) is 4.79 Å². The highest BCUT2D eigenvalue weighted by Gasteiger charge is 2.14. The van der Waals surface area contributed by atoms with Crippen LogP contribution < -0.4 is 0 Å². The first-order chi connectivity index (χ1) is 4.09. The van der Waals surface area contributed by atoms with Crippen LogP contribution in [-0.4, -0.2) is 3.79 Å². The van der Waals surface area contributed by atoms with Crippen molar-refractivity contribution in [1.82, 2.24) is 0 Å². The molecule has 2 heteroatoms. The molecule has 0 rings (SSSR count). The number of halogens is 1. The maximum Gasteiger partial charge on any atom is 0.195 e. The van der Waals surface area contributed by atoms with Gasteiger partial charge in [-0.1, -0.05) is 27.2 Å². The third-order valence-electron chi connectivity index (χ3n) is 1.86. The molecule has 0 spiro atoms. The lowest BCUT2D eigenvalue weighted by atomic mass is 9.95. The minimum Gasteiger partial charge on any atom is -0.287 e. The van der Waals surface area contributed by atoms with Crippen molar-refractivity contribution < 1.29 is 4.79 Å². The smallest absolute Gasteiger partial charge is 0.195 e. The summed E-state index contributed by atoms with van der Waals surface area (Å²) in [5.41, 5.74) is 0. The van der Waals surface area contributed by atoms with Gasteiger partial charge in [-0.15, -0.1) is 0 Å². The zero-order valence-electron chi connectivity index (χ0n) is 6.15. The van der Waals surface area contributed by atoms with Gasteiger partial charge in [-0.25, -0.2) is 0 Å². The van der Waals surface area contributed by atoms with E-state index in [0.717, 1.165) is 6.42 Å². The van der Waals surface area contributed by atoms with Crippen molar-refractivity contribution in [3.8, 4) is 0 Å². The Morgan fingerprint density at radius 1 is 1.56 bits per heavy atom. The number of hydrogen-bond donors (Lipinski definition) is 0. The van der Waals surface area contributed by atoms with E-state index in [2.05, 4.69) is 13.8 Å². The van der Waals surface area contributed by atoms with Crippen LogP contribution in [0.15, 0.2) is 0 Å². The lowest BCUT2D eigenvalue weighted by Gasteiger charge is -2.12. The van der Waals surface area contributed by atoms with E-state index in [1.54, 1.807) is 0 Å². The molecule has 0 N–H and O–H groups in total. The molecule has 0 heterocycles. The lowest BCUT2D eigenvalue weighted by Crippen LogP contribution is -2.12. The molecule has 54 valence electrons. The molecular formula is C7H13IO. The van der Waals surface area contributed by atoms with E-state index >= 15 is 0 Å². The van der Waals surface area contributed by atoms with Crippen molar-refractivity contribution in [2.24, 2.45) is 11.8 Å². The maximum absolute atomic E-state index is 10.7. The fourth-order valence-corrected chi connectivity index (χ4v) is 1.19. The van der Waals surface area contributed by atoms with Gasteiger partial charge in [0.15, 0.2) is 3.79 Å². The second-order valence-electron chi connectivity index (χ2n) is 2.48. The summed E-state index contributed by atoms with van der Waals surface area (Å²) in [7, 11) is 0. The minimum absolute atomic E-state index is 0.232. The Balaban J connectivity index is 3.72. The van der Waals surface area contributed by atoms with Gasteiger partial charge >= 0.3 is 0 Å². The molecule has 0 saturated carbocycles. The minimum atomic E-state index is 0.232. The molecule has 0 aliphatic carbocycles. The Hall–Kier alpha value is 0.400. The van der Waals surface area contributed by atoms with Gasteiger partial charge in [0, 0.05) is 5.92 Å². The van der Waals surface area contributed by atoms with Crippen LogP contribution in [0.2, 0.25) is 0 Å². The van der Waals surface area contributed by atoms with E-state index in [4.69, 9.17) is 0 Å². The highest BCUT2D eigenvalue weighted by atomic mass is 127. The zero-order valence-corrected chi connectivity index (χ0v) is 8.31. The topological polar surface area (TPSA) is 17.1 Å². The van der Waals surface area contributed by atoms with Gasteiger partial charge in [0.25, 0.3) is 0 Å². The molecule has 0 aliphatic rings. The summed E-state index contributed by atoms with van der Waals surface area (Å²) < 4.78 is 0.280. The molecule has 0 saturated heterocycles. The van der Waals surface area contributed by atoms with Crippen LogP contribution >= 0.6 is 22.6 Å². The van der Waals surface area contributed by atoms with Crippen LogP contribution in [0.3, 0.4) is 0 Å². The van der Waals surface area contributed by atoms with Crippen molar-refractivity contribution in [3.05, 3.63) is 0 Å². The van der Waals surface area contributed by atoms with Gasteiger partial charge in [0.05, 0.1) is 0 Å². The predicted octanol–water partition coefficient (Wildman–Crippen LogP) is 2.63. The lowest BCUT2D eigenvalue weighted by molar-refractivity contribution is -0.113. The Morgan fingerprint density at radius 3 is 2.11 bits per heavy atom. The number of carbonyl (C=O) groups excluding carboxylic acids is 1. The molecule has 0 bridgehead atoms. The van der Waals surface area contributed by atoms with E-state index < -0.39 is 0 Å². The van der Waals surface area contributed by atoms with Gasteiger partial charge in [-0.3, -0.25) is 4.79 Å². The first kappa shape index (κ1) is 9.40. The highest BCUT2D eigenvalue weighted by Crippen LogP contribution is 2.17. The normalized spacial score (nSPS) is 16.9. The molecule has 0 amide bonds. The van der Waals surface area contributed by atoms with Crippen LogP contribution in [0.4, 0.5) is 0 Å². The molecule has 0 aromatic rings. The molecule has 2 atom stereocenters. The third kappa shape index (κ3) is 3.18. The van der Waals surface area contributed by atoms with E-state index in [9.17, 15) is 4.79 Å². The summed E-state index contributed by atoms with van der Waals surface area (Å²) in [5, 5.41) is 0. The number of rotatable bonds is 3. The van der Waals surface area contributed by atoms with E-state index in [-0.39, 0.29) is 9.71 Å². The molecule has 0 fully saturated rings. The number of hydrogen-bond acceptors (Lipinski definition) is 1. The molecule has 9 heavy (non-hydrogen) atoms. The van der Waals surface area contributed by atoms with Gasteiger partial charge in [0.1, 0.15) is 0 Å². The van der Waals surface area contributed by atoms with Crippen LogP contribution in [0.25, 0.3) is 0 Å². The van der Waals surface area contributed by atoms with E-state index in [0.29, 0.717) is 5.92 Å². The van der Waals surface area contributed by atoms with Crippen LogP contribution in [0.1, 0.15) is 27.2 Å². The summed E-state index contributed by atoms with van der Waals surface area (Å²) in [6.45, 7) is 6.21. The molecule has 0 aromatic carbocycles. The maximum atomic E-state index is 10.7. The highest BCUT2D eigenvalue weighted by molar-refractivity contribution is 14.1. The summed E-state index contributed by atoms with van der Waals surface area (Å²) in [6.07, 6.45) is 1.09. The van der Waals surface area contributed by atoms with Gasteiger partial charge in [0.2, 0.25) is 0 Å². The van der Waals surface area contributed by atoms with Crippen LogP contribution in [0.5, 0.6) is 0 Å². The first-order valence-electron chi connectivity index (χ1n) is 3.29. The third-order valence-corrected chi connectivity index (χ3v) is 2.84. The van der Waals surface area contributed by atoms with Crippen molar-refractivity contribution in [2.45, 2.75) is 27.2 Å². The zero-order chi connectivity index (χ0) is 7.44. The Labute approximate surface area is 70.4 Å². The van der Waals surface area contributed by atoms with Crippen molar-refractivity contribution >= 4 is 26.4 Å². The van der Waals surface area contributed by atoms with Gasteiger partial charge in [-0.2, -0.15) is 0 Å². The number of carbonyl (C=O) groups is 1. The fraction of sp³-hybridized carbons (Fsp3) is 0.857. The molecule has 0 aromatic heterocycles. The second-order valence-corrected chi connectivity index (χ2v) is 3.54. The first-order valence-corrected chi connectivity index (χ1v) is 4.36. The summed E-state index contributed by atoms with van der Waals surface area (Å²) in [6, 6.07) is 0. The Morgan fingerprint density at radius 2 is 2.00 bits per heavy atom. The standard InChI is InChI=1S/C7H13IO/c1-4-5(2)6(3)7(8)9/h5-6H,4H2,1-3H3. The monoisotopic (exact) mass is 240 g/mol. The summed E-state index contributed by atoms with van der Waals surface area (Å²) in [5.74, 6) is 0.769. The predicted molar refractivity (Wildman–Crippen MR) is 47.6 cm³/mol. The fourth-order valence-electron chi connectivity index (χ4n) is 0.577. The molecular weight excluding hydrogens is 227 g/mol. The average Bonchev–Trinajstić information content (AvgIpc) is 1.84. The second kappa shape index (κ2) is 4.25. The average molecular weight is 240 g/mol. The summed E-state index contributed by atoms with van der Waals surface area (Å²) >= 11 is 1.87. The van der Waals surface area contributed by atoms with E-state index in [1.165, 1.54) is 0 Å². The van der Waals surface area contributed by atoms with Crippen molar-refractivity contribution in [3.63, 3.8) is 0 Å². The molecule has 0 radical (unpaired) electrons. The quantitative estimate of drug-likeness (QED) is 0.547. The summed E-state index contributed by atoms with van der Waals surface area (Å²) in [4.78, 5) is 10.7. The van der Waals surface area contributed by atoms with Crippen molar-refractivity contribution in [2.75, 3.05) is 0 Å². The Bertz CT molecular complexity index is 101. The van der Waals surface area contributed by atoms with E-state index in [1.807, 2.05) is 29.5 Å². The van der Waals surface area contributed by atoms with Crippen molar-refractivity contribution in [1.29, 1.82) is 0 Å².